The van der Waals surface area contributed by atoms with E-state index in [1.54, 1.807) is 0 Å². The highest BCUT2D eigenvalue weighted by Crippen LogP contribution is 2.33. The second-order valence-electron chi connectivity index (χ2n) is 4.10. The van der Waals surface area contributed by atoms with Gasteiger partial charge in [0.05, 0.1) is 10.0 Å². The molecule has 0 amide bonds. The zero-order valence-corrected chi connectivity index (χ0v) is 12.6. The zero-order valence-electron chi connectivity index (χ0n) is 9.61. The van der Waals surface area contributed by atoms with E-state index in [2.05, 4.69) is 0 Å². The topological polar surface area (TPSA) is 0 Å². The molecule has 0 nitrogen and oxygen atoms in total. The summed E-state index contributed by atoms with van der Waals surface area (Å²) < 4.78 is 0. The molecule has 0 unspecified atom stereocenters. The lowest BCUT2D eigenvalue weighted by Crippen LogP contribution is -1.93. The van der Waals surface area contributed by atoms with Crippen LogP contribution in [0.25, 0.3) is 0 Å². The highest BCUT2D eigenvalue weighted by atomic mass is 35.5. The molecule has 4 heteroatoms. The van der Waals surface area contributed by atoms with Crippen molar-refractivity contribution in [1.82, 2.24) is 0 Å². The summed E-state index contributed by atoms with van der Waals surface area (Å²) in [6, 6.07) is 9.27. The van der Waals surface area contributed by atoms with Crippen molar-refractivity contribution in [1.29, 1.82) is 0 Å². The lowest BCUT2D eigenvalue weighted by Gasteiger charge is -2.10. The van der Waals surface area contributed by atoms with E-state index >= 15 is 0 Å². The van der Waals surface area contributed by atoms with E-state index < -0.39 is 0 Å². The molecule has 0 aliphatic rings. The SMILES string of the molecule is Cc1cc(Cl)c(Cl)c(Cc2c(Cl)cccc2Cl)c1. The van der Waals surface area contributed by atoms with E-state index in [0.717, 1.165) is 16.7 Å². The Labute approximate surface area is 126 Å². The predicted molar refractivity (Wildman–Crippen MR) is 80.5 cm³/mol. The standard InChI is InChI=1S/C14H10Cl4/c1-8-5-9(14(18)13(17)6-8)7-10-11(15)3-2-4-12(10)16/h2-6H,7H2,1H3. The highest BCUT2D eigenvalue weighted by Gasteiger charge is 2.11. The first-order chi connectivity index (χ1) is 8.49. The van der Waals surface area contributed by atoms with Gasteiger partial charge in [-0.2, -0.15) is 0 Å². The highest BCUT2D eigenvalue weighted by molar-refractivity contribution is 6.42. The maximum Gasteiger partial charge on any atom is 0.0627 e. The summed E-state index contributed by atoms with van der Waals surface area (Å²) in [5, 5.41) is 2.38. The molecule has 0 saturated heterocycles. The maximum atomic E-state index is 6.20. The Morgan fingerprint density at radius 1 is 0.889 bits per heavy atom. The molecule has 0 saturated carbocycles. The average molecular weight is 320 g/mol. The van der Waals surface area contributed by atoms with E-state index in [-0.39, 0.29) is 0 Å². The summed E-state index contributed by atoms with van der Waals surface area (Å²) in [5.74, 6) is 0. The molecule has 18 heavy (non-hydrogen) atoms. The molecule has 0 radical (unpaired) electrons. The smallest absolute Gasteiger partial charge is 0.0627 e. The molecule has 0 bridgehead atoms. The van der Waals surface area contributed by atoms with Crippen molar-refractivity contribution in [2.75, 3.05) is 0 Å². The van der Waals surface area contributed by atoms with Crippen LogP contribution >= 0.6 is 46.4 Å². The minimum absolute atomic E-state index is 0.551. The van der Waals surface area contributed by atoms with Gasteiger partial charge in [-0.3, -0.25) is 0 Å². The summed E-state index contributed by atoms with van der Waals surface area (Å²) in [5.41, 5.74) is 2.85. The third kappa shape index (κ3) is 2.95. The monoisotopic (exact) mass is 318 g/mol. The first-order valence-electron chi connectivity index (χ1n) is 5.36. The van der Waals surface area contributed by atoms with E-state index in [1.165, 1.54) is 0 Å². The normalized spacial score (nSPS) is 10.7. The number of halogens is 4. The van der Waals surface area contributed by atoms with Crippen LogP contribution in [-0.2, 0) is 6.42 Å². The Balaban J connectivity index is 2.46. The Kier molecular flexibility index (Phi) is 4.45. The van der Waals surface area contributed by atoms with Gasteiger partial charge < -0.3 is 0 Å². The van der Waals surface area contributed by atoms with Crippen molar-refractivity contribution in [2.24, 2.45) is 0 Å². The minimum Gasteiger partial charge on any atom is -0.0840 e. The van der Waals surface area contributed by atoms with Crippen molar-refractivity contribution in [3.05, 3.63) is 67.1 Å². The van der Waals surface area contributed by atoms with Gasteiger partial charge in [0.2, 0.25) is 0 Å². The second kappa shape index (κ2) is 5.71. The van der Waals surface area contributed by atoms with Gasteiger partial charge in [-0.1, -0.05) is 58.5 Å². The molecule has 2 rings (SSSR count). The quantitative estimate of drug-likeness (QED) is 0.618. The van der Waals surface area contributed by atoms with Crippen molar-refractivity contribution < 1.29 is 0 Å². The van der Waals surface area contributed by atoms with Gasteiger partial charge in [0, 0.05) is 16.5 Å². The molecule has 0 aliphatic carbocycles. The predicted octanol–water partition coefficient (Wildman–Crippen LogP) is 6.20. The molecule has 0 fully saturated rings. The maximum absolute atomic E-state index is 6.20. The number of rotatable bonds is 2. The zero-order chi connectivity index (χ0) is 13.3. The van der Waals surface area contributed by atoms with Crippen LogP contribution in [0, 0.1) is 6.92 Å². The van der Waals surface area contributed by atoms with Crippen LogP contribution in [-0.4, -0.2) is 0 Å². The lowest BCUT2D eigenvalue weighted by atomic mass is 10.0. The Hall–Kier alpha value is -0.400. The van der Waals surface area contributed by atoms with Gasteiger partial charge in [-0.05, 0) is 41.8 Å². The lowest BCUT2D eigenvalue weighted by molar-refractivity contribution is 1.18. The van der Waals surface area contributed by atoms with E-state index in [9.17, 15) is 0 Å². The number of benzene rings is 2. The van der Waals surface area contributed by atoms with E-state index in [1.807, 2.05) is 37.3 Å². The molecular weight excluding hydrogens is 310 g/mol. The third-order valence-electron chi connectivity index (χ3n) is 2.68. The van der Waals surface area contributed by atoms with Crippen molar-refractivity contribution >= 4 is 46.4 Å². The van der Waals surface area contributed by atoms with Crippen LogP contribution in [0.15, 0.2) is 30.3 Å². The Bertz CT molecular complexity index is 570. The molecule has 0 aliphatic heterocycles. The van der Waals surface area contributed by atoms with Gasteiger partial charge in [0.15, 0.2) is 0 Å². The minimum atomic E-state index is 0.551. The third-order valence-corrected chi connectivity index (χ3v) is 4.23. The van der Waals surface area contributed by atoms with Crippen molar-refractivity contribution in [3.63, 3.8) is 0 Å². The molecule has 0 heterocycles. The molecule has 2 aromatic rings. The van der Waals surface area contributed by atoms with Crippen molar-refractivity contribution in [2.45, 2.75) is 13.3 Å². The van der Waals surface area contributed by atoms with E-state index in [4.69, 9.17) is 46.4 Å². The van der Waals surface area contributed by atoms with Gasteiger partial charge >= 0.3 is 0 Å². The van der Waals surface area contributed by atoms with Crippen molar-refractivity contribution in [3.8, 4) is 0 Å². The largest absolute Gasteiger partial charge is 0.0840 e. The van der Waals surface area contributed by atoms with Gasteiger partial charge in [-0.15, -0.1) is 0 Å². The Morgan fingerprint density at radius 3 is 2.11 bits per heavy atom. The average Bonchev–Trinajstić information content (AvgIpc) is 2.30. The fourth-order valence-electron chi connectivity index (χ4n) is 1.82. The van der Waals surface area contributed by atoms with Gasteiger partial charge in [0.25, 0.3) is 0 Å². The summed E-state index contributed by atoms with van der Waals surface area (Å²) in [4.78, 5) is 0. The second-order valence-corrected chi connectivity index (χ2v) is 5.70. The molecule has 0 N–H and O–H groups in total. The molecule has 2 aromatic carbocycles. The number of hydrogen-bond acceptors (Lipinski definition) is 0. The summed E-state index contributed by atoms with van der Waals surface area (Å²) >= 11 is 24.6. The Morgan fingerprint density at radius 2 is 1.50 bits per heavy atom. The molecule has 0 atom stereocenters. The van der Waals surface area contributed by atoms with Crippen LogP contribution in [0.5, 0.6) is 0 Å². The molecular formula is C14H10Cl4. The first kappa shape index (κ1) is 14.0. The fraction of sp³-hybridized carbons (Fsp3) is 0.143. The summed E-state index contributed by atoms with van der Waals surface area (Å²) in [7, 11) is 0. The van der Waals surface area contributed by atoms with Crippen LogP contribution < -0.4 is 0 Å². The summed E-state index contributed by atoms with van der Waals surface area (Å²) in [6.07, 6.45) is 0.568. The van der Waals surface area contributed by atoms with Gasteiger partial charge in [-0.25, -0.2) is 0 Å². The first-order valence-corrected chi connectivity index (χ1v) is 6.87. The van der Waals surface area contributed by atoms with Gasteiger partial charge in [0.1, 0.15) is 0 Å². The number of aryl methyl sites for hydroxylation is 1. The van der Waals surface area contributed by atoms with E-state index in [0.29, 0.717) is 26.5 Å². The van der Waals surface area contributed by atoms with Crippen LogP contribution in [0.3, 0.4) is 0 Å². The summed E-state index contributed by atoms with van der Waals surface area (Å²) in [6.45, 7) is 1.97. The molecule has 0 spiro atoms. The van der Waals surface area contributed by atoms with Crippen LogP contribution in [0.1, 0.15) is 16.7 Å². The molecule has 0 aromatic heterocycles. The number of hydrogen-bond donors (Lipinski definition) is 0. The molecule has 94 valence electrons. The fourth-order valence-corrected chi connectivity index (χ4v) is 2.82. The van der Waals surface area contributed by atoms with Crippen LogP contribution in [0.2, 0.25) is 20.1 Å². The van der Waals surface area contributed by atoms with Crippen LogP contribution in [0.4, 0.5) is 0 Å².